The normalized spacial score (nSPS) is 16.5. The van der Waals surface area contributed by atoms with Gasteiger partial charge in [0.2, 0.25) is 0 Å². The molecule has 8 nitrogen and oxygen atoms in total. The average molecular weight is 531 g/mol. The summed E-state index contributed by atoms with van der Waals surface area (Å²) in [6, 6.07) is 6.68. The first-order chi connectivity index (χ1) is 16.3. The van der Waals surface area contributed by atoms with Crippen LogP contribution in [-0.4, -0.2) is 61.1 Å². The number of carbonyl (C=O) groups excluding carboxylic acids is 1. The van der Waals surface area contributed by atoms with E-state index >= 15 is 0 Å². The Kier molecular flexibility index (Phi) is 11.9. The van der Waals surface area contributed by atoms with E-state index in [-0.39, 0.29) is 18.4 Å². The van der Waals surface area contributed by atoms with E-state index in [0.717, 1.165) is 19.4 Å². The number of nitriles is 1. The van der Waals surface area contributed by atoms with Crippen molar-refractivity contribution in [3.8, 4) is 6.07 Å². The molecule has 0 spiro atoms. The Bertz CT molecular complexity index is 901. The highest BCUT2D eigenvalue weighted by atomic mass is 79.9. The summed E-state index contributed by atoms with van der Waals surface area (Å²) in [5.74, 6) is 0.807. The van der Waals surface area contributed by atoms with E-state index < -0.39 is 0 Å². The lowest BCUT2D eigenvalue weighted by molar-refractivity contribution is -0.104. The van der Waals surface area contributed by atoms with E-state index in [1.807, 2.05) is 26.5 Å². The van der Waals surface area contributed by atoms with E-state index in [2.05, 4.69) is 68.6 Å². The van der Waals surface area contributed by atoms with Gasteiger partial charge in [0.25, 0.3) is 0 Å². The molecule has 0 aromatic carbocycles. The summed E-state index contributed by atoms with van der Waals surface area (Å²) in [7, 11) is 3.77. The van der Waals surface area contributed by atoms with Crippen LogP contribution in [0.25, 0.3) is 0 Å². The van der Waals surface area contributed by atoms with Crippen LogP contribution >= 0.6 is 15.9 Å². The number of hydrogen-bond acceptors (Lipinski definition) is 8. The second kappa shape index (κ2) is 14.7. The minimum absolute atomic E-state index is 0.167. The van der Waals surface area contributed by atoms with Crippen molar-refractivity contribution in [1.82, 2.24) is 25.6 Å². The Morgan fingerprint density at radius 1 is 1.35 bits per heavy atom. The first-order valence-corrected chi connectivity index (χ1v) is 12.4. The molecule has 2 unspecified atom stereocenters. The van der Waals surface area contributed by atoms with Crippen molar-refractivity contribution >= 4 is 28.4 Å². The third-order valence-corrected chi connectivity index (χ3v) is 5.91. The fourth-order valence-electron chi connectivity index (χ4n) is 3.41. The second-order valence-electron chi connectivity index (χ2n) is 8.81. The number of nitrogens with zero attached hydrogens (tertiary/aromatic N) is 5. The predicted molar refractivity (Wildman–Crippen MR) is 140 cm³/mol. The molecule has 0 aliphatic heterocycles. The fraction of sp³-hybridized carbons (Fsp3) is 0.520. The Labute approximate surface area is 211 Å². The Morgan fingerprint density at radius 3 is 2.71 bits per heavy atom. The summed E-state index contributed by atoms with van der Waals surface area (Å²) in [5, 5.41) is 14.1. The molecule has 2 rings (SSSR count). The third-order valence-electron chi connectivity index (χ3n) is 5.50. The Morgan fingerprint density at radius 2 is 2.12 bits per heavy atom. The maximum absolute atomic E-state index is 10.8. The number of carbonyl (C=O) groups is 1. The smallest absolute Gasteiger partial charge is 0.158 e. The zero-order chi connectivity index (χ0) is 24.9. The SMILES string of the molecule is CC(C=N/C(=C\NN(C)C)CC#N)CN(CCN/C=C(\Br)C=O)C(C)c1ccc(C2CC2)nc1. The van der Waals surface area contributed by atoms with E-state index in [1.165, 1.54) is 24.1 Å². The summed E-state index contributed by atoms with van der Waals surface area (Å²) in [5.41, 5.74) is 6.10. The van der Waals surface area contributed by atoms with Gasteiger partial charge in [0.15, 0.2) is 6.29 Å². The molecule has 1 aromatic heterocycles. The van der Waals surface area contributed by atoms with Crippen molar-refractivity contribution in [2.24, 2.45) is 10.9 Å². The highest BCUT2D eigenvalue weighted by Crippen LogP contribution is 2.39. The zero-order valence-corrected chi connectivity index (χ0v) is 22.1. The van der Waals surface area contributed by atoms with Gasteiger partial charge in [-0.2, -0.15) is 5.26 Å². The lowest BCUT2D eigenvalue weighted by Gasteiger charge is -2.31. The monoisotopic (exact) mass is 529 g/mol. The van der Waals surface area contributed by atoms with E-state index in [9.17, 15) is 4.79 Å². The first-order valence-electron chi connectivity index (χ1n) is 11.6. The lowest BCUT2D eigenvalue weighted by Crippen LogP contribution is -2.36. The third kappa shape index (κ3) is 10.2. The molecule has 1 saturated carbocycles. The first kappa shape index (κ1) is 27.7. The molecule has 0 bridgehead atoms. The zero-order valence-electron chi connectivity index (χ0n) is 20.5. The van der Waals surface area contributed by atoms with Crippen molar-refractivity contribution in [2.75, 3.05) is 33.7 Å². The predicted octanol–water partition coefficient (Wildman–Crippen LogP) is 3.87. The summed E-state index contributed by atoms with van der Waals surface area (Å²) in [6.45, 7) is 6.57. The number of rotatable bonds is 15. The van der Waals surface area contributed by atoms with Gasteiger partial charge in [-0.05, 0) is 47.3 Å². The van der Waals surface area contributed by atoms with Gasteiger partial charge in [0.1, 0.15) is 0 Å². The molecule has 1 fully saturated rings. The maximum Gasteiger partial charge on any atom is 0.158 e. The number of aldehydes is 1. The minimum Gasteiger partial charge on any atom is -0.389 e. The molecule has 2 N–H and O–H groups in total. The molecule has 0 radical (unpaired) electrons. The molecule has 34 heavy (non-hydrogen) atoms. The molecule has 1 heterocycles. The summed E-state index contributed by atoms with van der Waals surface area (Å²) < 4.78 is 0.482. The van der Waals surface area contributed by atoms with Crippen LogP contribution in [0.5, 0.6) is 0 Å². The molecule has 0 saturated heterocycles. The number of nitrogens with one attached hydrogen (secondary N) is 2. The minimum atomic E-state index is 0.167. The van der Waals surface area contributed by atoms with Gasteiger partial charge in [-0.1, -0.05) is 13.0 Å². The molecule has 1 aromatic rings. The highest BCUT2D eigenvalue weighted by Gasteiger charge is 2.25. The highest BCUT2D eigenvalue weighted by molar-refractivity contribution is 9.12. The van der Waals surface area contributed by atoms with Gasteiger partial charge in [0, 0.05) is 82.1 Å². The summed E-state index contributed by atoms with van der Waals surface area (Å²) in [4.78, 5) is 22.4. The summed E-state index contributed by atoms with van der Waals surface area (Å²) >= 11 is 3.20. The number of hydrazine groups is 1. The van der Waals surface area contributed by atoms with Crippen LogP contribution in [0.2, 0.25) is 0 Å². The topological polar surface area (TPSA) is 96.6 Å². The number of aromatic nitrogens is 1. The molecular formula is C25H36BrN7O. The van der Waals surface area contributed by atoms with Crippen molar-refractivity contribution in [3.63, 3.8) is 0 Å². The van der Waals surface area contributed by atoms with Crippen LogP contribution in [0.1, 0.15) is 56.3 Å². The van der Waals surface area contributed by atoms with Crippen molar-refractivity contribution < 1.29 is 4.79 Å². The number of pyridine rings is 1. The van der Waals surface area contributed by atoms with Crippen molar-refractivity contribution in [2.45, 2.75) is 45.1 Å². The number of hydrogen-bond donors (Lipinski definition) is 2. The van der Waals surface area contributed by atoms with E-state index in [0.29, 0.717) is 22.6 Å². The largest absolute Gasteiger partial charge is 0.389 e. The molecular weight excluding hydrogens is 494 g/mol. The van der Waals surface area contributed by atoms with Crippen LogP contribution in [0, 0.1) is 17.2 Å². The number of halogens is 1. The molecule has 9 heteroatoms. The van der Waals surface area contributed by atoms with Crippen LogP contribution < -0.4 is 10.7 Å². The molecule has 0 amide bonds. The number of allylic oxidation sites excluding steroid dienone is 2. The van der Waals surface area contributed by atoms with Crippen LogP contribution in [0.4, 0.5) is 0 Å². The van der Waals surface area contributed by atoms with Gasteiger partial charge in [-0.15, -0.1) is 0 Å². The maximum atomic E-state index is 10.8. The summed E-state index contributed by atoms with van der Waals surface area (Å²) in [6.07, 6.45) is 10.8. The lowest BCUT2D eigenvalue weighted by atomic mass is 10.1. The van der Waals surface area contributed by atoms with Gasteiger partial charge >= 0.3 is 0 Å². The second-order valence-corrected chi connectivity index (χ2v) is 9.73. The van der Waals surface area contributed by atoms with Gasteiger partial charge < -0.3 is 10.7 Å². The van der Waals surface area contributed by atoms with E-state index in [4.69, 9.17) is 10.2 Å². The standard InChI is InChI=1S/C25H36BrN7O/c1-19(13-29-24(9-10-27)16-31-32(3)4)17-33(12-11-28-15-23(26)18-34)20(2)22-7-8-25(30-14-22)21-5-6-21/h7-8,13-16,18-21,28,31H,5-6,9,11-12,17H2,1-4H3/b23-15-,24-16-,29-13?. The Hall–Kier alpha value is -2.54. The van der Waals surface area contributed by atoms with Crippen molar-refractivity contribution in [3.05, 3.63) is 52.2 Å². The fourth-order valence-corrected chi connectivity index (χ4v) is 3.57. The van der Waals surface area contributed by atoms with Gasteiger partial charge in [-0.25, -0.2) is 5.01 Å². The van der Waals surface area contributed by atoms with Gasteiger partial charge in [0.05, 0.1) is 22.7 Å². The molecule has 1 aliphatic rings. The number of aliphatic imine (C=N–C) groups is 1. The average Bonchev–Trinajstić information content (AvgIpc) is 3.67. The van der Waals surface area contributed by atoms with Gasteiger partial charge in [-0.3, -0.25) is 19.7 Å². The Balaban J connectivity index is 2.08. The molecule has 184 valence electrons. The molecule has 2 atom stereocenters. The van der Waals surface area contributed by atoms with E-state index in [1.54, 1.807) is 17.4 Å². The quantitative estimate of drug-likeness (QED) is 0.117. The molecule has 1 aliphatic carbocycles. The van der Waals surface area contributed by atoms with Crippen LogP contribution in [0.15, 0.2) is 45.9 Å². The van der Waals surface area contributed by atoms with Crippen LogP contribution in [0.3, 0.4) is 0 Å². The van der Waals surface area contributed by atoms with Crippen molar-refractivity contribution in [1.29, 1.82) is 5.26 Å². The van der Waals surface area contributed by atoms with Crippen LogP contribution in [-0.2, 0) is 4.79 Å².